The summed E-state index contributed by atoms with van der Waals surface area (Å²) in [6.07, 6.45) is 4.00. The molecule has 0 aliphatic heterocycles. The molecule has 0 heterocycles. The molecule has 0 atom stereocenters. The Labute approximate surface area is 79.8 Å². The zero-order valence-corrected chi connectivity index (χ0v) is 8.34. The van der Waals surface area contributed by atoms with Gasteiger partial charge in [-0.05, 0) is 26.3 Å². The molecular formula is C9H20N2O2. The average Bonchev–Trinajstić information content (AvgIpc) is 2.11. The van der Waals surface area contributed by atoms with Crippen molar-refractivity contribution in [3.05, 3.63) is 0 Å². The number of ether oxygens (including phenoxy) is 1. The minimum absolute atomic E-state index is 0.318. The average molecular weight is 188 g/mol. The fourth-order valence-corrected chi connectivity index (χ4v) is 0.995. The minimum Gasteiger partial charge on any atom is -0.450 e. The van der Waals surface area contributed by atoms with E-state index in [0.29, 0.717) is 13.2 Å². The number of nitrogens with one attached hydrogen (secondary N) is 1. The molecule has 0 aliphatic carbocycles. The molecule has 4 heteroatoms. The first-order chi connectivity index (χ1) is 6.31. The van der Waals surface area contributed by atoms with Gasteiger partial charge in [-0.25, -0.2) is 4.79 Å². The molecule has 1 amide bonds. The van der Waals surface area contributed by atoms with E-state index in [-0.39, 0.29) is 6.09 Å². The van der Waals surface area contributed by atoms with Crippen molar-refractivity contribution in [1.82, 2.24) is 5.32 Å². The third kappa shape index (κ3) is 9.14. The van der Waals surface area contributed by atoms with Gasteiger partial charge in [0.25, 0.3) is 0 Å². The number of carbonyl (C=O) groups excluding carboxylic acids is 1. The van der Waals surface area contributed by atoms with Crippen molar-refractivity contribution in [2.45, 2.75) is 32.6 Å². The molecule has 0 saturated carbocycles. The topological polar surface area (TPSA) is 64.3 Å². The SMILES string of the molecule is CCOC(=O)NCCCCCCN. The van der Waals surface area contributed by atoms with Gasteiger partial charge in [0.2, 0.25) is 0 Å². The number of rotatable bonds is 7. The molecule has 0 radical (unpaired) electrons. The molecule has 0 aromatic carbocycles. The van der Waals surface area contributed by atoms with Gasteiger partial charge in [0.15, 0.2) is 0 Å². The molecule has 4 nitrogen and oxygen atoms in total. The van der Waals surface area contributed by atoms with Crippen LogP contribution in [0.4, 0.5) is 4.79 Å². The normalized spacial score (nSPS) is 9.69. The summed E-state index contributed by atoms with van der Waals surface area (Å²) >= 11 is 0. The first-order valence-corrected chi connectivity index (χ1v) is 4.92. The molecule has 0 rings (SSSR count). The zero-order valence-electron chi connectivity index (χ0n) is 8.34. The maximum Gasteiger partial charge on any atom is 0.407 e. The molecule has 13 heavy (non-hydrogen) atoms. The summed E-state index contributed by atoms with van der Waals surface area (Å²) in [7, 11) is 0. The molecular weight excluding hydrogens is 168 g/mol. The van der Waals surface area contributed by atoms with Crippen LogP contribution in [0.1, 0.15) is 32.6 Å². The first-order valence-electron chi connectivity index (χ1n) is 4.92. The highest BCUT2D eigenvalue weighted by atomic mass is 16.5. The summed E-state index contributed by atoms with van der Waals surface area (Å²) in [5, 5.41) is 2.67. The van der Waals surface area contributed by atoms with Gasteiger partial charge >= 0.3 is 6.09 Å². The zero-order chi connectivity index (χ0) is 9.94. The van der Waals surface area contributed by atoms with Crippen LogP contribution >= 0.6 is 0 Å². The van der Waals surface area contributed by atoms with E-state index in [0.717, 1.165) is 32.2 Å². The summed E-state index contributed by atoms with van der Waals surface area (Å²) in [4.78, 5) is 10.8. The van der Waals surface area contributed by atoms with Gasteiger partial charge < -0.3 is 15.8 Å². The molecule has 78 valence electrons. The van der Waals surface area contributed by atoms with Crippen LogP contribution in [0.15, 0.2) is 0 Å². The van der Waals surface area contributed by atoms with Crippen molar-refractivity contribution >= 4 is 6.09 Å². The van der Waals surface area contributed by atoms with Crippen molar-refractivity contribution in [2.24, 2.45) is 5.73 Å². The van der Waals surface area contributed by atoms with E-state index in [1.807, 2.05) is 0 Å². The smallest absolute Gasteiger partial charge is 0.407 e. The number of hydrogen-bond acceptors (Lipinski definition) is 3. The van der Waals surface area contributed by atoms with Crippen LogP contribution in [0, 0.1) is 0 Å². The lowest BCUT2D eigenvalue weighted by molar-refractivity contribution is 0.152. The van der Waals surface area contributed by atoms with E-state index >= 15 is 0 Å². The van der Waals surface area contributed by atoms with E-state index in [1.165, 1.54) is 0 Å². The van der Waals surface area contributed by atoms with Crippen LogP contribution in [0.5, 0.6) is 0 Å². The van der Waals surface area contributed by atoms with Gasteiger partial charge in [-0.2, -0.15) is 0 Å². The molecule has 0 bridgehead atoms. The number of unbranched alkanes of at least 4 members (excludes halogenated alkanes) is 3. The summed E-state index contributed by atoms with van der Waals surface area (Å²) < 4.78 is 4.70. The highest BCUT2D eigenvalue weighted by Gasteiger charge is 1.97. The fourth-order valence-electron chi connectivity index (χ4n) is 0.995. The molecule has 3 N–H and O–H groups in total. The van der Waals surface area contributed by atoms with E-state index in [4.69, 9.17) is 10.5 Å². The van der Waals surface area contributed by atoms with Crippen molar-refractivity contribution in [1.29, 1.82) is 0 Å². The second kappa shape index (κ2) is 9.32. The van der Waals surface area contributed by atoms with Gasteiger partial charge in [0, 0.05) is 6.54 Å². The lowest BCUT2D eigenvalue weighted by Crippen LogP contribution is -2.25. The molecule has 0 fully saturated rings. The van der Waals surface area contributed by atoms with Crippen LogP contribution in [0.25, 0.3) is 0 Å². The quantitative estimate of drug-likeness (QED) is 0.591. The van der Waals surface area contributed by atoms with Crippen LogP contribution < -0.4 is 11.1 Å². The fraction of sp³-hybridized carbons (Fsp3) is 0.889. The molecule has 0 unspecified atom stereocenters. The van der Waals surface area contributed by atoms with Gasteiger partial charge in [0.05, 0.1) is 6.61 Å². The summed E-state index contributed by atoms with van der Waals surface area (Å²) in [5.74, 6) is 0. The largest absolute Gasteiger partial charge is 0.450 e. The minimum atomic E-state index is -0.318. The van der Waals surface area contributed by atoms with Crippen molar-refractivity contribution < 1.29 is 9.53 Å². The van der Waals surface area contributed by atoms with Gasteiger partial charge in [-0.1, -0.05) is 12.8 Å². The predicted octanol–water partition coefficient (Wildman–Crippen LogP) is 1.25. The molecule has 0 aromatic heterocycles. The number of alkyl carbamates (subject to hydrolysis) is 1. The number of hydrogen-bond donors (Lipinski definition) is 2. The van der Waals surface area contributed by atoms with E-state index < -0.39 is 0 Å². The Kier molecular flexibility index (Phi) is 8.77. The second-order valence-electron chi connectivity index (χ2n) is 2.85. The summed E-state index contributed by atoms with van der Waals surface area (Å²) in [5.41, 5.74) is 5.34. The number of amides is 1. The maximum atomic E-state index is 10.8. The standard InChI is InChI=1S/C9H20N2O2/c1-2-13-9(12)11-8-6-4-3-5-7-10/h2-8,10H2,1H3,(H,11,12). The lowest BCUT2D eigenvalue weighted by atomic mass is 10.2. The summed E-state index contributed by atoms with van der Waals surface area (Å²) in [6.45, 7) is 3.68. The third-order valence-electron chi connectivity index (χ3n) is 1.68. The Morgan fingerprint density at radius 3 is 2.62 bits per heavy atom. The van der Waals surface area contributed by atoms with Crippen LogP contribution in [-0.2, 0) is 4.74 Å². The van der Waals surface area contributed by atoms with E-state index in [1.54, 1.807) is 6.92 Å². The third-order valence-corrected chi connectivity index (χ3v) is 1.68. The second-order valence-corrected chi connectivity index (χ2v) is 2.85. The molecule has 0 aromatic rings. The van der Waals surface area contributed by atoms with Gasteiger partial charge in [0.1, 0.15) is 0 Å². The highest BCUT2D eigenvalue weighted by molar-refractivity contribution is 5.66. The van der Waals surface area contributed by atoms with Crippen molar-refractivity contribution in [3.63, 3.8) is 0 Å². The van der Waals surface area contributed by atoms with E-state index in [2.05, 4.69) is 5.32 Å². The van der Waals surface area contributed by atoms with Gasteiger partial charge in [-0.15, -0.1) is 0 Å². The molecule has 0 spiro atoms. The van der Waals surface area contributed by atoms with Gasteiger partial charge in [-0.3, -0.25) is 0 Å². The van der Waals surface area contributed by atoms with Crippen LogP contribution in [-0.4, -0.2) is 25.8 Å². The maximum absolute atomic E-state index is 10.8. The Balaban J connectivity index is 3.02. The highest BCUT2D eigenvalue weighted by Crippen LogP contribution is 1.96. The lowest BCUT2D eigenvalue weighted by Gasteiger charge is -2.04. The Morgan fingerprint density at radius 2 is 2.00 bits per heavy atom. The van der Waals surface area contributed by atoms with E-state index in [9.17, 15) is 4.79 Å². The van der Waals surface area contributed by atoms with Crippen LogP contribution in [0.2, 0.25) is 0 Å². The van der Waals surface area contributed by atoms with Crippen LogP contribution in [0.3, 0.4) is 0 Å². The van der Waals surface area contributed by atoms with Crippen molar-refractivity contribution in [3.8, 4) is 0 Å². The molecule has 0 aliphatic rings. The predicted molar refractivity (Wildman–Crippen MR) is 52.5 cm³/mol. The first kappa shape index (κ1) is 12.2. The van der Waals surface area contributed by atoms with Crippen molar-refractivity contribution in [2.75, 3.05) is 19.7 Å². The monoisotopic (exact) mass is 188 g/mol. The Morgan fingerprint density at radius 1 is 1.31 bits per heavy atom. The number of carbonyl (C=O) groups is 1. The summed E-state index contributed by atoms with van der Waals surface area (Å²) in [6, 6.07) is 0. The Hall–Kier alpha value is -0.770. The molecule has 0 saturated heterocycles. The number of nitrogens with two attached hydrogens (primary N) is 1. The Bertz CT molecular complexity index is 129.